The molecule has 5 heterocycles. The summed E-state index contributed by atoms with van der Waals surface area (Å²) in [5, 5.41) is 3.84. The predicted molar refractivity (Wildman–Crippen MR) is 322 cm³/mol. The first-order valence-electron chi connectivity index (χ1n) is 26.4. The molecule has 0 spiro atoms. The third-order valence-electron chi connectivity index (χ3n) is 16.7. The smallest absolute Gasteiger partial charge is 0.332 e. The highest BCUT2D eigenvalue weighted by molar-refractivity contribution is 7.99. The van der Waals surface area contributed by atoms with Crippen LogP contribution in [0.4, 0.5) is 34.1 Å². The van der Waals surface area contributed by atoms with E-state index in [0.717, 1.165) is 44.0 Å². The highest BCUT2D eigenvalue weighted by atomic mass is 32.2. The van der Waals surface area contributed by atoms with Crippen molar-refractivity contribution in [3.05, 3.63) is 229 Å². The van der Waals surface area contributed by atoms with Crippen LogP contribution in [0.3, 0.4) is 0 Å². The van der Waals surface area contributed by atoms with E-state index < -0.39 is 0 Å². The van der Waals surface area contributed by atoms with E-state index in [-0.39, 0.29) is 17.7 Å². The maximum absolute atomic E-state index is 7.06. The Labute approximate surface area is 451 Å². The Morgan fingerprint density at radius 2 is 1.25 bits per heavy atom. The van der Waals surface area contributed by atoms with Crippen LogP contribution in [0.1, 0.15) is 51.4 Å². The quantitative estimate of drug-likeness (QED) is 0.160. The molecule has 0 fully saturated rings. The second kappa shape index (κ2) is 15.9. The summed E-state index contributed by atoms with van der Waals surface area (Å²) in [5.41, 5.74) is 21.9. The molecular weight excluding hydrogens is 962 g/mol. The molecule has 12 aromatic rings. The van der Waals surface area contributed by atoms with E-state index >= 15 is 0 Å². The van der Waals surface area contributed by atoms with Gasteiger partial charge < -0.3 is 19.0 Å². The molecule has 0 radical (unpaired) electrons. The fourth-order valence-electron chi connectivity index (χ4n) is 13.4. The SMILES string of the molecule is CC(C)(C)c1ccc(N2c3cc4c(cc3B3c5c(cc6sc7ccccc7c6c52)-c2ccc(N(c5ccccc5)c5ccccc5)c5c6c(n3c25)C(C)(C)c2ccccc2-6)Sc2ccccc2O4)c(-c2ccccc2)c1. The van der Waals surface area contributed by atoms with Crippen LogP contribution >= 0.6 is 23.1 Å². The molecule has 0 bridgehead atoms. The Kier molecular flexibility index (Phi) is 9.23. The Morgan fingerprint density at radius 1 is 0.553 bits per heavy atom. The van der Waals surface area contributed by atoms with Crippen LogP contribution in [0.25, 0.3) is 64.5 Å². The van der Waals surface area contributed by atoms with E-state index in [2.05, 4.69) is 261 Å². The number of thiophene rings is 1. The van der Waals surface area contributed by atoms with Crippen molar-refractivity contribution in [1.29, 1.82) is 0 Å². The summed E-state index contributed by atoms with van der Waals surface area (Å²) < 4.78 is 12.4. The van der Waals surface area contributed by atoms with Crippen molar-refractivity contribution in [3.63, 3.8) is 0 Å². The van der Waals surface area contributed by atoms with Gasteiger partial charge in [0.25, 0.3) is 0 Å². The van der Waals surface area contributed by atoms with Gasteiger partial charge in [-0.25, -0.2) is 0 Å². The maximum atomic E-state index is 7.06. The minimum atomic E-state index is -0.355. The number of rotatable bonds is 5. The topological polar surface area (TPSA) is 20.6 Å². The molecule has 16 rings (SSSR count). The van der Waals surface area contributed by atoms with E-state index in [9.17, 15) is 0 Å². The molecule has 1 aliphatic carbocycles. The van der Waals surface area contributed by atoms with E-state index in [0.29, 0.717) is 0 Å². The van der Waals surface area contributed by atoms with Gasteiger partial charge in [0.1, 0.15) is 11.5 Å². The van der Waals surface area contributed by atoms with Crippen LogP contribution in [0.15, 0.2) is 222 Å². The molecule has 0 unspecified atom stereocenters. The van der Waals surface area contributed by atoms with Gasteiger partial charge in [0.2, 0.25) is 0 Å². The van der Waals surface area contributed by atoms with Gasteiger partial charge in [-0.2, -0.15) is 0 Å². The first-order chi connectivity index (χ1) is 37.1. The summed E-state index contributed by atoms with van der Waals surface area (Å²) in [7, 11) is 0. The number of fused-ring (bicyclic) bond motifs is 15. The van der Waals surface area contributed by atoms with Gasteiger partial charge >= 0.3 is 6.85 Å². The molecule has 4 nitrogen and oxygen atoms in total. The van der Waals surface area contributed by atoms with Crippen molar-refractivity contribution >= 4 is 106 Å². The van der Waals surface area contributed by atoms with Gasteiger partial charge in [0.05, 0.1) is 26.9 Å². The number of hydrogen-bond donors (Lipinski definition) is 0. The van der Waals surface area contributed by atoms with Gasteiger partial charge in [0.15, 0.2) is 0 Å². The molecule has 7 heteroatoms. The minimum Gasteiger partial charge on any atom is -0.455 e. The lowest BCUT2D eigenvalue weighted by atomic mass is 9.44. The molecule has 0 saturated heterocycles. The standard InChI is InChI=1S/C69H50BN3OS2/c1-68(2,3)42-33-35-52(48(37-42)41-21-9-6-10-22-41)72-54-40-56-59(76-58-32-20-18-30-55(58)74-56)39-51(54)70-64-49(38-60-61(66(64)72)47-28-16-19-31-57(47)75-60)45-34-36-53(71(43-23-11-7-12-24-43)44-25-13-8-14-26-44)63-62-46-27-15-17-29-50(46)69(4,5)67(62)73(70)65(45)63/h6-40H,1-5H3. The van der Waals surface area contributed by atoms with Gasteiger partial charge in [-0.15, -0.1) is 11.3 Å². The molecule has 3 aliphatic heterocycles. The van der Waals surface area contributed by atoms with Crippen LogP contribution in [0.5, 0.6) is 11.5 Å². The van der Waals surface area contributed by atoms with E-state index in [1.54, 1.807) is 0 Å². The lowest BCUT2D eigenvalue weighted by Crippen LogP contribution is -2.57. The molecular formula is C69H50BN3OS2. The number of para-hydroxylation sites is 3. The Bertz CT molecular complexity index is 4400. The zero-order valence-electron chi connectivity index (χ0n) is 42.9. The van der Waals surface area contributed by atoms with E-state index in [1.807, 2.05) is 23.1 Å². The van der Waals surface area contributed by atoms with Crippen molar-refractivity contribution < 1.29 is 4.74 Å². The Morgan fingerprint density at radius 3 is 2.03 bits per heavy atom. The van der Waals surface area contributed by atoms with Crippen molar-refractivity contribution in [2.24, 2.45) is 0 Å². The van der Waals surface area contributed by atoms with Crippen LogP contribution in [0.2, 0.25) is 0 Å². The summed E-state index contributed by atoms with van der Waals surface area (Å²) in [5.74, 6) is 1.77. The van der Waals surface area contributed by atoms with Gasteiger partial charge in [-0.05, 0) is 117 Å². The molecule has 362 valence electrons. The van der Waals surface area contributed by atoms with Crippen molar-refractivity contribution in [3.8, 4) is 44.9 Å². The summed E-state index contributed by atoms with van der Waals surface area (Å²) in [4.78, 5) is 7.39. The zero-order valence-corrected chi connectivity index (χ0v) is 44.5. The predicted octanol–water partition coefficient (Wildman–Crippen LogP) is 18.4. The molecule has 0 saturated carbocycles. The van der Waals surface area contributed by atoms with Gasteiger partial charge in [0, 0.05) is 82.0 Å². The average molecular weight is 1010 g/mol. The first-order valence-corrected chi connectivity index (χ1v) is 28.1. The van der Waals surface area contributed by atoms with Crippen molar-refractivity contribution in [1.82, 2.24) is 4.48 Å². The molecule has 10 aromatic carbocycles. The molecule has 76 heavy (non-hydrogen) atoms. The normalized spacial score (nSPS) is 14.2. The zero-order chi connectivity index (χ0) is 50.8. The molecule has 0 atom stereocenters. The number of benzene rings is 10. The summed E-state index contributed by atoms with van der Waals surface area (Å²) in [6.07, 6.45) is 0. The number of ether oxygens (including phenoxy) is 1. The summed E-state index contributed by atoms with van der Waals surface area (Å²) >= 11 is 3.73. The minimum absolute atomic E-state index is 0.0725. The van der Waals surface area contributed by atoms with Gasteiger partial charge in [-0.3, -0.25) is 0 Å². The molecule has 2 aromatic heterocycles. The summed E-state index contributed by atoms with van der Waals surface area (Å²) in [6, 6.07) is 79.2. The van der Waals surface area contributed by atoms with Crippen molar-refractivity contribution in [2.75, 3.05) is 9.80 Å². The molecule has 0 amide bonds. The van der Waals surface area contributed by atoms with Crippen LogP contribution < -0.4 is 25.5 Å². The third-order valence-corrected chi connectivity index (χ3v) is 18.9. The fourth-order valence-corrected chi connectivity index (χ4v) is 15.5. The molecule has 4 aliphatic rings. The van der Waals surface area contributed by atoms with E-state index in [1.165, 1.54) is 104 Å². The highest BCUT2D eigenvalue weighted by Gasteiger charge is 2.51. The second-order valence-electron chi connectivity index (χ2n) is 22.4. The van der Waals surface area contributed by atoms with Crippen molar-refractivity contribution in [2.45, 2.75) is 55.2 Å². The van der Waals surface area contributed by atoms with E-state index in [4.69, 9.17) is 4.74 Å². The number of anilines is 6. The van der Waals surface area contributed by atoms with Gasteiger partial charge in [-0.1, -0.05) is 180 Å². The first kappa shape index (κ1) is 44.1. The lowest BCUT2D eigenvalue weighted by Gasteiger charge is -2.43. The lowest BCUT2D eigenvalue weighted by molar-refractivity contribution is 0.455. The number of nitrogens with zero attached hydrogens (tertiary/aromatic N) is 3. The van der Waals surface area contributed by atoms with Crippen LogP contribution in [-0.4, -0.2) is 11.3 Å². The van der Waals surface area contributed by atoms with Crippen LogP contribution in [0, 0.1) is 0 Å². The fraction of sp³-hybridized carbons (Fsp3) is 0.101. The average Bonchev–Trinajstić information content (AvgIpc) is 4.28. The second-order valence-corrected chi connectivity index (χ2v) is 24.5. The largest absolute Gasteiger partial charge is 0.455 e. The Balaban J connectivity index is 1.10. The molecule has 0 N–H and O–H groups in total. The maximum Gasteiger partial charge on any atom is 0.332 e. The summed E-state index contributed by atoms with van der Waals surface area (Å²) in [6.45, 7) is 11.7. The third kappa shape index (κ3) is 6.10. The highest BCUT2D eigenvalue weighted by Crippen LogP contribution is 2.61. The van der Waals surface area contributed by atoms with Crippen LogP contribution in [-0.2, 0) is 10.8 Å². The monoisotopic (exact) mass is 1010 g/mol. The Hall–Kier alpha value is -8.23. The number of hydrogen-bond acceptors (Lipinski definition) is 5. The number of aromatic nitrogens is 1.